The number of likely N-dealkylation sites (N-methyl/N-ethyl adjacent to an activating group) is 3. The zero-order valence-electron chi connectivity index (χ0n) is 22.2. The smallest absolute Gasteiger partial charge is 0.146 e. The molecule has 0 saturated heterocycles. The first kappa shape index (κ1) is 40.0. The van der Waals surface area contributed by atoms with Gasteiger partial charge in [0.05, 0.1) is 18.1 Å². The highest BCUT2D eigenvalue weighted by atomic mass is 16.1. The molecule has 9 N–H and O–H groups in total. The first-order chi connectivity index (χ1) is 15.7. The largest absolute Gasteiger partial charge is 0.330 e. The van der Waals surface area contributed by atoms with Crippen LogP contribution in [0.4, 0.5) is 0 Å². The van der Waals surface area contributed by atoms with Crippen molar-refractivity contribution in [3.63, 3.8) is 0 Å². The predicted octanol–water partition coefficient (Wildman–Crippen LogP) is 1.51. The summed E-state index contributed by atoms with van der Waals surface area (Å²) in [7, 11) is 5.44. The molecule has 0 amide bonds. The van der Waals surface area contributed by atoms with Crippen LogP contribution in [0.2, 0.25) is 0 Å². The van der Waals surface area contributed by atoms with Crippen LogP contribution in [0.15, 0.2) is 0 Å². The fraction of sp³-hybridized carbons (Fsp3) is 0.880. The van der Waals surface area contributed by atoms with E-state index in [-0.39, 0.29) is 42.9 Å². The molecule has 0 bridgehead atoms. The van der Waals surface area contributed by atoms with Crippen LogP contribution in [-0.2, 0) is 14.4 Å². The van der Waals surface area contributed by atoms with E-state index in [1.807, 2.05) is 21.1 Å². The monoisotopic (exact) mass is 490 g/mol. The van der Waals surface area contributed by atoms with Gasteiger partial charge < -0.3 is 33.2 Å². The van der Waals surface area contributed by atoms with Crippen LogP contribution in [0.3, 0.4) is 0 Å². The highest BCUT2D eigenvalue weighted by molar-refractivity contribution is 5.82. The minimum atomic E-state index is 0. The summed E-state index contributed by atoms with van der Waals surface area (Å²) >= 11 is 0. The topological polar surface area (TPSA) is 165 Å². The first-order valence-electron chi connectivity index (χ1n) is 12.3. The second kappa shape index (κ2) is 29.8. The Kier molecular flexibility index (Phi) is 35.0. The number of Topliss-reactive ketones (excluding diaryl/α,β-unsaturated/α-hetero) is 3. The van der Waals surface area contributed by atoms with Gasteiger partial charge in [-0.05, 0) is 100 Å². The maximum Gasteiger partial charge on any atom is 0.146 e. The van der Waals surface area contributed by atoms with E-state index in [2.05, 4.69) is 16.0 Å². The van der Waals surface area contributed by atoms with Gasteiger partial charge >= 0.3 is 0 Å². The number of unbranched alkanes of at least 4 members (excludes halogenated alkanes) is 3. The first-order valence-corrected chi connectivity index (χ1v) is 12.3. The molecular weight excluding hydrogens is 432 g/mol. The Morgan fingerprint density at radius 2 is 0.735 bits per heavy atom. The number of ketones is 3. The van der Waals surface area contributed by atoms with Crippen LogP contribution >= 0.6 is 0 Å². The molecule has 9 nitrogen and oxygen atoms in total. The normalized spacial score (nSPS) is 12.6. The molecule has 34 heavy (non-hydrogen) atoms. The molecule has 0 aliphatic heterocycles. The number of nitrogens with two attached hydrogens (primary N) is 3. The van der Waals surface area contributed by atoms with Gasteiger partial charge in [0, 0.05) is 0 Å². The third-order valence-corrected chi connectivity index (χ3v) is 5.36. The minimum Gasteiger partial charge on any atom is -0.330 e. The lowest BCUT2D eigenvalue weighted by molar-refractivity contribution is -0.119. The fourth-order valence-corrected chi connectivity index (χ4v) is 3.13. The molecule has 0 unspecified atom stereocenters. The van der Waals surface area contributed by atoms with E-state index in [9.17, 15) is 14.4 Å². The SMILES string of the molecule is C.CN[C@@H](CCCCN)C(C)=O.CN[C@@H](CCCCN)C(C)=O.CN[C@@H](CCCCN)C(C)=O. The maximum atomic E-state index is 10.9. The summed E-state index contributed by atoms with van der Waals surface area (Å²) in [6.45, 7) is 6.99. The Bertz CT molecular complexity index is 411. The van der Waals surface area contributed by atoms with E-state index in [1.54, 1.807) is 20.8 Å². The molecule has 0 aliphatic rings. The Morgan fingerprint density at radius 1 is 0.529 bits per heavy atom. The molecule has 0 heterocycles. The maximum absolute atomic E-state index is 10.9. The number of nitrogens with one attached hydrogen (secondary N) is 3. The Balaban J connectivity index is -0.000000196. The van der Waals surface area contributed by atoms with Crippen molar-refractivity contribution < 1.29 is 14.4 Å². The quantitative estimate of drug-likeness (QED) is 0.156. The van der Waals surface area contributed by atoms with Crippen LogP contribution in [0, 0.1) is 0 Å². The van der Waals surface area contributed by atoms with Crippen LogP contribution in [0.1, 0.15) is 86.0 Å². The molecule has 0 aromatic carbocycles. The molecule has 0 fully saturated rings. The lowest BCUT2D eigenvalue weighted by atomic mass is 10.1. The standard InChI is InChI=1S/3C8H18N2O.CH4/c3*1-7(11)8(10-2)5-3-4-6-9;/h3*8,10H,3-6,9H2,1-2H3;1H4/t3*8-;/m000./s1. The van der Waals surface area contributed by atoms with Gasteiger partial charge in [-0.2, -0.15) is 0 Å². The Hall–Kier alpha value is -1.23. The molecule has 0 saturated carbocycles. The average Bonchev–Trinajstić information content (AvgIpc) is 2.77. The Labute approximate surface area is 210 Å². The minimum absolute atomic E-state index is 0. The third kappa shape index (κ3) is 27.0. The van der Waals surface area contributed by atoms with E-state index < -0.39 is 0 Å². The number of hydrogen-bond acceptors (Lipinski definition) is 9. The van der Waals surface area contributed by atoms with E-state index in [4.69, 9.17) is 17.2 Å². The van der Waals surface area contributed by atoms with Gasteiger partial charge in [0.15, 0.2) is 0 Å². The zero-order chi connectivity index (χ0) is 26.1. The van der Waals surface area contributed by atoms with Crippen LogP contribution in [-0.4, -0.2) is 76.3 Å². The summed E-state index contributed by atoms with van der Waals surface area (Å²) in [6, 6.07) is 0.0876. The van der Waals surface area contributed by atoms with E-state index in [0.717, 1.165) is 57.8 Å². The number of carbonyl (C=O) groups is 3. The molecular formula is C25H58N6O3. The second-order valence-electron chi connectivity index (χ2n) is 8.21. The summed E-state index contributed by atoms with van der Waals surface area (Å²) in [5.74, 6) is 0.638. The lowest BCUT2D eigenvalue weighted by Gasteiger charge is -2.11. The number of hydrogen-bond donors (Lipinski definition) is 6. The lowest BCUT2D eigenvalue weighted by Crippen LogP contribution is -2.32. The van der Waals surface area contributed by atoms with Gasteiger partial charge in [-0.1, -0.05) is 26.7 Å². The predicted molar refractivity (Wildman–Crippen MR) is 146 cm³/mol. The van der Waals surface area contributed by atoms with Crippen molar-refractivity contribution in [2.24, 2.45) is 17.2 Å². The summed E-state index contributed by atoms with van der Waals surface area (Å²) in [5, 5.41) is 8.91. The van der Waals surface area contributed by atoms with E-state index >= 15 is 0 Å². The van der Waals surface area contributed by atoms with Crippen molar-refractivity contribution in [3.8, 4) is 0 Å². The molecule has 3 atom stereocenters. The van der Waals surface area contributed by atoms with Crippen LogP contribution < -0.4 is 33.2 Å². The number of carbonyl (C=O) groups excluding carboxylic acids is 3. The zero-order valence-corrected chi connectivity index (χ0v) is 22.2. The van der Waals surface area contributed by atoms with E-state index in [0.29, 0.717) is 19.6 Å². The summed E-state index contributed by atoms with van der Waals surface area (Å²) < 4.78 is 0. The second-order valence-corrected chi connectivity index (χ2v) is 8.21. The third-order valence-electron chi connectivity index (χ3n) is 5.36. The highest BCUT2D eigenvalue weighted by Crippen LogP contribution is 2.01. The van der Waals surface area contributed by atoms with Crippen molar-refractivity contribution in [2.75, 3.05) is 40.8 Å². The van der Waals surface area contributed by atoms with E-state index in [1.165, 1.54) is 0 Å². The van der Waals surface area contributed by atoms with Crippen LogP contribution in [0.5, 0.6) is 0 Å². The van der Waals surface area contributed by atoms with Gasteiger partial charge in [-0.15, -0.1) is 0 Å². The van der Waals surface area contributed by atoms with Gasteiger partial charge in [0.25, 0.3) is 0 Å². The molecule has 0 radical (unpaired) electrons. The molecule has 0 aromatic rings. The molecule has 0 rings (SSSR count). The Morgan fingerprint density at radius 3 is 0.853 bits per heavy atom. The molecule has 0 spiro atoms. The number of rotatable bonds is 18. The summed E-state index contributed by atoms with van der Waals surface area (Å²) in [5.41, 5.74) is 16.0. The van der Waals surface area contributed by atoms with Crippen molar-refractivity contribution in [1.29, 1.82) is 0 Å². The molecule has 0 aromatic heterocycles. The van der Waals surface area contributed by atoms with Crippen molar-refractivity contribution >= 4 is 17.3 Å². The van der Waals surface area contributed by atoms with Gasteiger partial charge in [-0.3, -0.25) is 14.4 Å². The summed E-state index contributed by atoms with van der Waals surface area (Å²) in [6.07, 6.45) is 8.82. The fourth-order valence-electron chi connectivity index (χ4n) is 3.13. The molecule has 206 valence electrons. The van der Waals surface area contributed by atoms with Crippen LogP contribution in [0.25, 0.3) is 0 Å². The van der Waals surface area contributed by atoms with Crippen molar-refractivity contribution in [3.05, 3.63) is 0 Å². The summed E-state index contributed by atoms with van der Waals surface area (Å²) in [4.78, 5) is 32.6. The van der Waals surface area contributed by atoms with Crippen molar-refractivity contribution in [1.82, 2.24) is 16.0 Å². The average molecular weight is 491 g/mol. The molecule has 9 heteroatoms. The highest BCUT2D eigenvalue weighted by Gasteiger charge is 2.10. The van der Waals surface area contributed by atoms with Gasteiger partial charge in [0.2, 0.25) is 0 Å². The van der Waals surface area contributed by atoms with Gasteiger partial charge in [-0.25, -0.2) is 0 Å². The van der Waals surface area contributed by atoms with Crippen molar-refractivity contribution in [2.45, 2.75) is 104 Å². The van der Waals surface area contributed by atoms with Gasteiger partial charge in [0.1, 0.15) is 17.3 Å². The molecule has 0 aliphatic carbocycles.